The van der Waals surface area contributed by atoms with Crippen LogP contribution in [0, 0.1) is 0 Å². The maximum absolute atomic E-state index is 13.5. The lowest BCUT2D eigenvalue weighted by Crippen LogP contribution is -2.07. The quantitative estimate of drug-likeness (QED) is 0.364. The summed E-state index contributed by atoms with van der Waals surface area (Å²) < 4.78 is 21.7. The van der Waals surface area contributed by atoms with Crippen molar-refractivity contribution >= 4 is 5.78 Å². The molecule has 0 unspecified atom stereocenters. The number of hydrogen-bond acceptors (Lipinski definition) is 5. The van der Waals surface area contributed by atoms with Crippen molar-refractivity contribution in [2.45, 2.75) is 12.8 Å². The molecule has 0 bridgehead atoms. The highest BCUT2D eigenvalue weighted by atomic mass is 16.5. The lowest BCUT2D eigenvalue weighted by atomic mass is 9.93. The average Bonchev–Trinajstić information content (AvgIpc) is 3.30. The van der Waals surface area contributed by atoms with Crippen LogP contribution in [-0.4, -0.2) is 27.1 Å². The summed E-state index contributed by atoms with van der Waals surface area (Å²) in [4.78, 5) is 13.5. The van der Waals surface area contributed by atoms with Crippen LogP contribution in [0.1, 0.15) is 27.9 Å². The Balaban J connectivity index is 2.11. The Labute approximate surface area is 170 Å². The summed E-state index contributed by atoms with van der Waals surface area (Å²) >= 11 is 0. The summed E-state index contributed by atoms with van der Waals surface area (Å²) in [6, 6.07) is 12.8. The van der Waals surface area contributed by atoms with Crippen LogP contribution in [0.2, 0.25) is 0 Å². The lowest BCUT2D eigenvalue weighted by molar-refractivity contribution is 0.103. The van der Waals surface area contributed by atoms with Crippen LogP contribution < -0.4 is 14.2 Å². The molecule has 0 saturated carbocycles. The Morgan fingerprint density at radius 1 is 1.03 bits per heavy atom. The van der Waals surface area contributed by atoms with Gasteiger partial charge in [0.25, 0.3) is 0 Å². The SMILES string of the molecule is C=CCCc1ccc(-c2ccco2)cc1C(=O)c1cc(OC)c(OC)c(OC)c1. The van der Waals surface area contributed by atoms with Crippen molar-refractivity contribution in [3.63, 3.8) is 0 Å². The number of methoxy groups -OCH3 is 3. The minimum atomic E-state index is -0.128. The number of furan rings is 1. The van der Waals surface area contributed by atoms with Gasteiger partial charge in [-0.15, -0.1) is 6.58 Å². The number of hydrogen-bond donors (Lipinski definition) is 0. The maximum Gasteiger partial charge on any atom is 0.203 e. The fourth-order valence-corrected chi connectivity index (χ4v) is 3.23. The summed E-state index contributed by atoms with van der Waals surface area (Å²) in [5, 5.41) is 0. The fourth-order valence-electron chi connectivity index (χ4n) is 3.23. The van der Waals surface area contributed by atoms with Crippen molar-refractivity contribution in [3.8, 4) is 28.6 Å². The topological polar surface area (TPSA) is 57.9 Å². The number of rotatable bonds is 9. The van der Waals surface area contributed by atoms with Gasteiger partial charge in [0.1, 0.15) is 5.76 Å². The van der Waals surface area contributed by atoms with Gasteiger partial charge in [-0.2, -0.15) is 0 Å². The largest absolute Gasteiger partial charge is 0.493 e. The normalized spacial score (nSPS) is 10.4. The average molecular weight is 392 g/mol. The van der Waals surface area contributed by atoms with E-state index >= 15 is 0 Å². The molecule has 5 nitrogen and oxygen atoms in total. The number of carbonyl (C=O) groups is 1. The van der Waals surface area contributed by atoms with E-state index in [1.54, 1.807) is 18.4 Å². The molecule has 5 heteroatoms. The molecular formula is C24H24O5. The highest BCUT2D eigenvalue weighted by Gasteiger charge is 2.20. The van der Waals surface area contributed by atoms with Crippen molar-refractivity contribution < 1.29 is 23.4 Å². The van der Waals surface area contributed by atoms with E-state index in [0.717, 1.165) is 17.5 Å². The zero-order chi connectivity index (χ0) is 20.8. The van der Waals surface area contributed by atoms with E-state index in [0.29, 0.717) is 40.6 Å². The molecule has 0 aliphatic carbocycles. The first-order valence-corrected chi connectivity index (χ1v) is 9.25. The Kier molecular flexibility index (Phi) is 6.39. The minimum absolute atomic E-state index is 0.128. The van der Waals surface area contributed by atoms with E-state index in [-0.39, 0.29) is 5.78 Å². The highest BCUT2D eigenvalue weighted by Crippen LogP contribution is 2.39. The molecule has 150 valence electrons. The first-order valence-electron chi connectivity index (χ1n) is 9.25. The molecule has 1 heterocycles. The standard InChI is InChI=1S/C24H24O5/c1-5-6-8-16-10-11-17(20-9-7-12-29-20)13-19(16)23(25)18-14-21(26-2)24(28-4)22(15-18)27-3/h5,7,9-15H,1,6,8H2,2-4H3. The van der Waals surface area contributed by atoms with Gasteiger partial charge >= 0.3 is 0 Å². The molecule has 0 aliphatic heterocycles. The molecule has 29 heavy (non-hydrogen) atoms. The second-order valence-corrected chi connectivity index (χ2v) is 6.42. The van der Waals surface area contributed by atoms with Gasteiger partial charge in [-0.25, -0.2) is 0 Å². The first kappa shape index (κ1) is 20.3. The molecule has 1 aromatic heterocycles. The van der Waals surface area contributed by atoms with Crippen LogP contribution in [-0.2, 0) is 6.42 Å². The monoisotopic (exact) mass is 392 g/mol. The summed E-state index contributed by atoms with van der Waals surface area (Å²) in [7, 11) is 4.58. The zero-order valence-corrected chi connectivity index (χ0v) is 16.9. The third-order valence-corrected chi connectivity index (χ3v) is 4.70. The second-order valence-electron chi connectivity index (χ2n) is 6.42. The van der Waals surface area contributed by atoms with Gasteiger partial charge in [0.2, 0.25) is 5.75 Å². The molecule has 0 N–H and O–H groups in total. The summed E-state index contributed by atoms with van der Waals surface area (Å²) in [6.45, 7) is 3.78. The third-order valence-electron chi connectivity index (χ3n) is 4.70. The van der Waals surface area contributed by atoms with Crippen molar-refractivity contribution in [2.24, 2.45) is 0 Å². The van der Waals surface area contributed by atoms with Crippen LogP contribution >= 0.6 is 0 Å². The number of carbonyl (C=O) groups excluding carboxylic acids is 1. The number of allylic oxidation sites excluding steroid dienone is 1. The number of benzene rings is 2. The van der Waals surface area contributed by atoms with Crippen molar-refractivity contribution in [1.29, 1.82) is 0 Å². The van der Waals surface area contributed by atoms with Crippen molar-refractivity contribution in [3.05, 3.63) is 78.1 Å². The van der Waals surface area contributed by atoms with Gasteiger partial charge < -0.3 is 18.6 Å². The van der Waals surface area contributed by atoms with E-state index in [2.05, 4.69) is 6.58 Å². The molecule has 0 atom stereocenters. The van der Waals surface area contributed by atoms with E-state index in [4.69, 9.17) is 18.6 Å². The van der Waals surface area contributed by atoms with Crippen LogP contribution in [0.5, 0.6) is 17.2 Å². The summed E-state index contributed by atoms with van der Waals surface area (Å²) in [6.07, 6.45) is 4.94. The molecule has 0 fully saturated rings. The van der Waals surface area contributed by atoms with Crippen molar-refractivity contribution in [1.82, 2.24) is 0 Å². The summed E-state index contributed by atoms with van der Waals surface area (Å²) in [5.74, 6) is 1.90. The Bertz CT molecular complexity index is 977. The molecule has 0 aliphatic rings. The highest BCUT2D eigenvalue weighted by molar-refractivity contribution is 6.11. The molecule has 0 spiro atoms. The summed E-state index contributed by atoms with van der Waals surface area (Å²) in [5.41, 5.74) is 2.85. The third kappa shape index (κ3) is 4.19. The Morgan fingerprint density at radius 2 is 1.76 bits per heavy atom. The van der Waals surface area contributed by atoms with Gasteiger partial charge in [0.15, 0.2) is 17.3 Å². The fraction of sp³-hybridized carbons (Fsp3) is 0.208. The van der Waals surface area contributed by atoms with Gasteiger partial charge in [-0.1, -0.05) is 18.2 Å². The number of ketones is 1. The molecule has 0 radical (unpaired) electrons. The Morgan fingerprint density at radius 3 is 2.31 bits per heavy atom. The zero-order valence-electron chi connectivity index (χ0n) is 16.9. The smallest absolute Gasteiger partial charge is 0.203 e. The molecule has 3 aromatic rings. The van der Waals surface area contributed by atoms with E-state index in [9.17, 15) is 4.79 Å². The van der Waals surface area contributed by atoms with Crippen LogP contribution in [0.4, 0.5) is 0 Å². The maximum atomic E-state index is 13.5. The van der Waals surface area contributed by atoms with Gasteiger partial charge in [0, 0.05) is 16.7 Å². The molecule has 2 aromatic carbocycles. The molecular weight excluding hydrogens is 368 g/mol. The number of aryl methyl sites for hydroxylation is 1. The predicted octanol–water partition coefficient (Wildman–Crippen LogP) is 5.32. The van der Waals surface area contributed by atoms with Gasteiger partial charge in [-0.3, -0.25) is 4.79 Å². The molecule has 0 saturated heterocycles. The lowest BCUT2D eigenvalue weighted by Gasteiger charge is -2.15. The Hall–Kier alpha value is -3.47. The van der Waals surface area contributed by atoms with Gasteiger partial charge in [0.05, 0.1) is 27.6 Å². The number of ether oxygens (including phenoxy) is 3. The van der Waals surface area contributed by atoms with Crippen molar-refractivity contribution in [2.75, 3.05) is 21.3 Å². The van der Waals surface area contributed by atoms with Gasteiger partial charge in [-0.05, 0) is 48.7 Å². The molecule has 0 amide bonds. The first-order chi connectivity index (χ1) is 14.1. The minimum Gasteiger partial charge on any atom is -0.493 e. The van der Waals surface area contributed by atoms with Crippen LogP contribution in [0.15, 0.2) is 65.8 Å². The van der Waals surface area contributed by atoms with Crippen LogP contribution in [0.25, 0.3) is 11.3 Å². The van der Waals surface area contributed by atoms with Crippen LogP contribution in [0.3, 0.4) is 0 Å². The predicted molar refractivity (Wildman–Crippen MR) is 112 cm³/mol. The van der Waals surface area contributed by atoms with E-state index in [1.165, 1.54) is 21.3 Å². The van der Waals surface area contributed by atoms with E-state index in [1.807, 2.05) is 36.4 Å². The molecule has 3 rings (SSSR count). The second kappa shape index (κ2) is 9.15. The van der Waals surface area contributed by atoms with E-state index < -0.39 is 0 Å².